The lowest BCUT2D eigenvalue weighted by molar-refractivity contribution is 0.101. The third kappa shape index (κ3) is 2.69. The van der Waals surface area contributed by atoms with Crippen molar-refractivity contribution in [1.82, 2.24) is 4.57 Å². The van der Waals surface area contributed by atoms with E-state index >= 15 is 0 Å². The molecule has 0 unspecified atom stereocenters. The van der Waals surface area contributed by atoms with Gasteiger partial charge in [-0.2, -0.15) is 5.26 Å². The fourth-order valence-corrected chi connectivity index (χ4v) is 1.86. The summed E-state index contributed by atoms with van der Waals surface area (Å²) >= 11 is 5.82. The summed E-state index contributed by atoms with van der Waals surface area (Å²) in [7, 11) is 1.73. The summed E-state index contributed by atoms with van der Waals surface area (Å²) < 4.78 is 1.63. The van der Waals surface area contributed by atoms with Crippen molar-refractivity contribution in [2.75, 3.05) is 11.1 Å². The van der Waals surface area contributed by atoms with E-state index in [1.807, 2.05) is 6.07 Å². The number of aromatic nitrogens is 1. The molecule has 1 amide bonds. The fraction of sp³-hybridized carbons (Fsp3) is 0.0769. The number of nitrogens with one attached hydrogen (secondary N) is 1. The number of nitrogens with zero attached hydrogens (tertiary/aromatic N) is 2. The van der Waals surface area contributed by atoms with Crippen molar-refractivity contribution in [2.24, 2.45) is 7.05 Å². The van der Waals surface area contributed by atoms with E-state index in [0.29, 0.717) is 27.7 Å². The number of aryl methyl sites for hydroxylation is 1. The number of carbonyl (C=O) groups excluding carboxylic acids is 1. The van der Waals surface area contributed by atoms with Crippen LogP contribution in [0.3, 0.4) is 0 Å². The third-order valence-electron chi connectivity index (χ3n) is 2.60. The van der Waals surface area contributed by atoms with Gasteiger partial charge in [-0.05, 0) is 24.3 Å². The number of benzene rings is 1. The smallest absolute Gasteiger partial charge is 0.272 e. The highest BCUT2D eigenvalue weighted by Gasteiger charge is 2.11. The number of nitriles is 1. The number of hydrogen-bond donors (Lipinski definition) is 2. The van der Waals surface area contributed by atoms with Gasteiger partial charge in [-0.25, -0.2) is 0 Å². The lowest BCUT2D eigenvalue weighted by atomic mass is 10.2. The average molecular weight is 275 g/mol. The van der Waals surface area contributed by atoms with Crippen molar-refractivity contribution in [3.63, 3.8) is 0 Å². The zero-order valence-corrected chi connectivity index (χ0v) is 10.9. The van der Waals surface area contributed by atoms with E-state index in [9.17, 15) is 4.79 Å². The second-order valence-corrected chi connectivity index (χ2v) is 4.44. The Morgan fingerprint density at radius 3 is 2.79 bits per heavy atom. The summed E-state index contributed by atoms with van der Waals surface area (Å²) in [6, 6.07) is 8.25. The molecule has 6 heteroatoms. The van der Waals surface area contributed by atoms with Crippen molar-refractivity contribution in [3.05, 3.63) is 46.7 Å². The van der Waals surface area contributed by atoms with E-state index in [4.69, 9.17) is 22.6 Å². The molecule has 3 N–H and O–H groups in total. The van der Waals surface area contributed by atoms with Crippen molar-refractivity contribution < 1.29 is 4.79 Å². The predicted octanol–water partition coefficient (Wildman–Crippen LogP) is 2.38. The molecule has 1 aromatic heterocycles. The SMILES string of the molecule is Cn1cc(N)cc1C(=O)Nc1ccc(Cl)c(C#N)c1. The van der Waals surface area contributed by atoms with Gasteiger partial charge in [-0.3, -0.25) is 4.79 Å². The molecule has 1 aromatic carbocycles. The number of nitrogen functional groups attached to an aromatic ring is 1. The van der Waals surface area contributed by atoms with Gasteiger partial charge in [-0.1, -0.05) is 11.6 Å². The number of rotatable bonds is 2. The Morgan fingerprint density at radius 1 is 1.47 bits per heavy atom. The van der Waals surface area contributed by atoms with E-state index in [1.54, 1.807) is 36.0 Å². The van der Waals surface area contributed by atoms with E-state index < -0.39 is 0 Å². The maximum atomic E-state index is 12.0. The predicted molar refractivity (Wildman–Crippen MR) is 73.9 cm³/mol. The summed E-state index contributed by atoms with van der Waals surface area (Å²) in [5.41, 5.74) is 7.38. The molecule has 2 rings (SSSR count). The van der Waals surface area contributed by atoms with Crippen LogP contribution in [0.2, 0.25) is 5.02 Å². The van der Waals surface area contributed by atoms with Gasteiger partial charge < -0.3 is 15.6 Å². The minimum Gasteiger partial charge on any atom is -0.397 e. The Hall–Kier alpha value is -2.45. The molecule has 0 saturated carbocycles. The molecule has 0 aliphatic carbocycles. The van der Waals surface area contributed by atoms with Crippen molar-refractivity contribution in [3.8, 4) is 6.07 Å². The number of hydrogen-bond acceptors (Lipinski definition) is 3. The number of carbonyl (C=O) groups is 1. The van der Waals surface area contributed by atoms with Crippen LogP contribution >= 0.6 is 11.6 Å². The molecule has 96 valence electrons. The third-order valence-corrected chi connectivity index (χ3v) is 2.93. The molecule has 0 aliphatic heterocycles. The van der Waals surface area contributed by atoms with E-state index in [1.165, 1.54) is 6.07 Å². The summed E-state index contributed by atoms with van der Waals surface area (Å²) in [6.07, 6.45) is 1.65. The lowest BCUT2D eigenvalue weighted by Crippen LogP contribution is -2.15. The van der Waals surface area contributed by atoms with E-state index in [2.05, 4.69) is 5.32 Å². The number of halogens is 1. The van der Waals surface area contributed by atoms with Crippen LogP contribution in [0.25, 0.3) is 0 Å². The molecular weight excluding hydrogens is 264 g/mol. The summed E-state index contributed by atoms with van der Waals surface area (Å²) in [5.74, 6) is -0.301. The standard InChI is InChI=1S/C13H11ClN4O/c1-18-7-9(16)5-12(18)13(19)17-10-2-3-11(14)8(4-10)6-15/h2-5,7H,16H2,1H3,(H,17,19). The number of anilines is 2. The molecular formula is C13H11ClN4O. The van der Waals surface area contributed by atoms with E-state index in [-0.39, 0.29) is 5.91 Å². The average Bonchev–Trinajstić information content (AvgIpc) is 2.71. The van der Waals surface area contributed by atoms with Gasteiger partial charge in [0, 0.05) is 18.9 Å². The molecule has 0 fully saturated rings. The Balaban J connectivity index is 2.25. The second-order valence-electron chi connectivity index (χ2n) is 4.03. The Kier molecular flexibility index (Phi) is 3.45. The van der Waals surface area contributed by atoms with Crippen LogP contribution in [-0.2, 0) is 7.05 Å². The first-order valence-corrected chi connectivity index (χ1v) is 5.82. The van der Waals surface area contributed by atoms with Crippen LogP contribution in [-0.4, -0.2) is 10.5 Å². The highest BCUT2D eigenvalue weighted by atomic mass is 35.5. The largest absolute Gasteiger partial charge is 0.397 e. The first-order chi connectivity index (χ1) is 9.01. The molecule has 0 bridgehead atoms. The van der Waals surface area contributed by atoms with Gasteiger partial charge in [0.15, 0.2) is 0 Å². The molecule has 0 atom stereocenters. The minimum atomic E-state index is -0.301. The van der Waals surface area contributed by atoms with Crippen molar-refractivity contribution >= 4 is 28.9 Å². The van der Waals surface area contributed by atoms with Gasteiger partial charge in [0.25, 0.3) is 5.91 Å². The molecule has 1 heterocycles. The monoisotopic (exact) mass is 274 g/mol. The second kappa shape index (κ2) is 5.04. The normalized spacial score (nSPS) is 9.95. The zero-order valence-electron chi connectivity index (χ0n) is 10.1. The Morgan fingerprint density at radius 2 is 2.21 bits per heavy atom. The number of amides is 1. The summed E-state index contributed by atoms with van der Waals surface area (Å²) in [6.45, 7) is 0. The van der Waals surface area contributed by atoms with Crippen LogP contribution < -0.4 is 11.1 Å². The molecule has 0 spiro atoms. The summed E-state index contributed by atoms with van der Waals surface area (Å²) in [4.78, 5) is 12.0. The zero-order chi connectivity index (χ0) is 14.0. The molecule has 5 nitrogen and oxygen atoms in total. The highest BCUT2D eigenvalue weighted by Crippen LogP contribution is 2.20. The van der Waals surface area contributed by atoms with E-state index in [0.717, 1.165) is 0 Å². The fourth-order valence-electron chi connectivity index (χ4n) is 1.70. The van der Waals surface area contributed by atoms with Crippen LogP contribution in [0.15, 0.2) is 30.5 Å². The van der Waals surface area contributed by atoms with Crippen LogP contribution in [0, 0.1) is 11.3 Å². The van der Waals surface area contributed by atoms with Crippen molar-refractivity contribution in [2.45, 2.75) is 0 Å². The van der Waals surface area contributed by atoms with Gasteiger partial charge in [0.1, 0.15) is 11.8 Å². The van der Waals surface area contributed by atoms with Crippen LogP contribution in [0.4, 0.5) is 11.4 Å². The Bertz CT molecular complexity index is 684. The number of nitrogens with two attached hydrogens (primary N) is 1. The van der Waals surface area contributed by atoms with Gasteiger partial charge in [0.05, 0.1) is 16.3 Å². The molecule has 19 heavy (non-hydrogen) atoms. The molecule has 0 radical (unpaired) electrons. The lowest BCUT2D eigenvalue weighted by Gasteiger charge is -2.06. The quantitative estimate of drug-likeness (QED) is 0.882. The Labute approximate surface area is 115 Å². The minimum absolute atomic E-state index is 0.301. The maximum Gasteiger partial charge on any atom is 0.272 e. The highest BCUT2D eigenvalue weighted by molar-refractivity contribution is 6.31. The van der Waals surface area contributed by atoms with Crippen LogP contribution in [0.1, 0.15) is 16.1 Å². The van der Waals surface area contributed by atoms with Gasteiger partial charge >= 0.3 is 0 Å². The van der Waals surface area contributed by atoms with Crippen LogP contribution in [0.5, 0.6) is 0 Å². The summed E-state index contributed by atoms with van der Waals surface area (Å²) in [5, 5.41) is 11.9. The topological polar surface area (TPSA) is 83.8 Å². The van der Waals surface area contributed by atoms with Gasteiger partial charge in [-0.15, -0.1) is 0 Å². The molecule has 0 saturated heterocycles. The first kappa shape index (κ1) is 13.0. The molecule has 0 aliphatic rings. The van der Waals surface area contributed by atoms with Crippen molar-refractivity contribution in [1.29, 1.82) is 5.26 Å². The maximum absolute atomic E-state index is 12.0. The first-order valence-electron chi connectivity index (χ1n) is 5.44. The van der Waals surface area contributed by atoms with Gasteiger partial charge in [0.2, 0.25) is 0 Å². The molecule has 2 aromatic rings.